The summed E-state index contributed by atoms with van der Waals surface area (Å²) in [4.78, 5) is 12.1. The number of thioether (sulfide) groups is 1. The Morgan fingerprint density at radius 1 is 1.14 bits per heavy atom. The first-order chi connectivity index (χ1) is 13.7. The summed E-state index contributed by atoms with van der Waals surface area (Å²) in [7, 11) is 0. The van der Waals surface area contributed by atoms with Crippen LogP contribution >= 0.6 is 11.8 Å². The van der Waals surface area contributed by atoms with E-state index in [0.29, 0.717) is 40.3 Å². The van der Waals surface area contributed by atoms with Crippen molar-refractivity contribution in [3.63, 3.8) is 0 Å². The van der Waals surface area contributed by atoms with E-state index in [2.05, 4.69) is 21.6 Å². The first-order valence-corrected chi connectivity index (χ1v) is 9.32. The number of nitrogens with one attached hydrogen (secondary N) is 1. The van der Waals surface area contributed by atoms with Crippen molar-refractivity contribution in [3.05, 3.63) is 48.0 Å². The number of rotatable bonds is 6. The molecule has 2 aromatic carbocycles. The van der Waals surface area contributed by atoms with Gasteiger partial charge in [-0.15, -0.1) is 10.2 Å². The number of benzene rings is 2. The lowest BCUT2D eigenvalue weighted by atomic mass is 10.1. The monoisotopic (exact) mass is 394 g/mol. The number of carbonyl (C=O) groups is 1. The molecule has 1 amide bonds. The van der Waals surface area contributed by atoms with E-state index in [1.807, 2.05) is 12.1 Å². The predicted molar refractivity (Wildman–Crippen MR) is 101 cm³/mol. The van der Waals surface area contributed by atoms with Crippen LogP contribution in [0.25, 0.3) is 11.5 Å². The summed E-state index contributed by atoms with van der Waals surface area (Å²) >= 11 is 1.15. The zero-order chi connectivity index (χ0) is 19.3. The van der Waals surface area contributed by atoms with Crippen LogP contribution in [0.15, 0.2) is 52.1 Å². The molecule has 1 N–H and O–H groups in total. The highest BCUT2D eigenvalue weighted by atomic mass is 32.2. The minimum absolute atomic E-state index is 0.128. The number of ether oxygens (including phenoxy) is 2. The van der Waals surface area contributed by atoms with Gasteiger partial charge in [-0.1, -0.05) is 23.9 Å². The van der Waals surface area contributed by atoms with Gasteiger partial charge in [-0.3, -0.25) is 4.79 Å². The second-order valence-corrected chi connectivity index (χ2v) is 6.74. The van der Waals surface area contributed by atoms with E-state index in [-0.39, 0.29) is 18.5 Å². The van der Waals surface area contributed by atoms with Gasteiger partial charge in [0.1, 0.15) is 0 Å². The number of fused-ring (bicyclic) bond motifs is 1. The number of carbonyl (C=O) groups excluding carboxylic acids is 1. The van der Waals surface area contributed by atoms with Crippen LogP contribution in [0.3, 0.4) is 0 Å². The minimum atomic E-state index is -0.194. The van der Waals surface area contributed by atoms with E-state index in [9.17, 15) is 4.79 Å². The van der Waals surface area contributed by atoms with E-state index in [1.54, 1.807) is 30.3 Å². The number of anilines is 1. The Morgan fingerprint density at radius 2 is 1.96 bits per heavy atom. The topological polar surface area (TPSA) is 110 Å². The molecule has 0 spiro atoms. The second-order valence-electron chi connectivity index (χ2n) is 5.81. The van der Waals surface area contributed by atoms with Crippen molar-refractivity contribution in [1.29, 1.82) is 5.26 Å². The number of hydrogen-bond acceptors (Lipinski definition) is 8. The zero-order valence-electron chi connectivity index (χ0n) is 14.5. The maximum absolute atomic E-state index is 12.1. The number of nitriles is 1. The summed E-state index contributed by atoms with van der Waals surface area (Å²) in [5, 5.41) is 19.7. The fourth-order valence-corrected chi connectivity index (χ4v) is 3.10. The Morgan fingerprint density at radius 3 is 2.79 bits per heavy atom. The van der Waals surface area contributed by atoms with Gasteiger partial charge in [0.25, 0.3) is 5.22 Å². The lowest BCUT2D eigenvalue weighted by Crippen LogP contribution is -2.13. The molecule has 2 heterocycles. The summed E-state index contributed by atoms with van der Waals surface area (Å²) in [6.07, 6.45) is 0.340. The Hall–Kier alpha value is -3.51. The molecular weight excluding hydrogens is 380 g/mol. The Bertz CT molecular complexity index is 1040. The molecule has 0 radical (unpaired) electrons. The molecule has 0 unspecified atom stereocenters. The molecule has 28 heavy (non-hydrogen) atoms. The van der Waals surface area contributed by atoms with Gasteiger partial charge in [-0.05, 0) is 35.9 Å². The van der Waals surface area contributed by atoms with E-state index < -0.39 is 0 Å². The summed E-state index contributed by atoms with van der Waals surface area (Å²) in [5.41, 5.74) is 2.28. The molecule has 1 aromatic heterocycles. The molecule has 1 aliphatic rings. The van der Waals surface area contributed by atoms with Gasteiger partial charge < -0.3 is 19.2 Å². The van der Waals surface area contributed by atoms with Crippen LogP contribution in [-0.2, 0) is 11.2 Å². The Balaban J connectivity index is 1.33. The first kappa shape index (κ1) is 17.9. The van der Waals surface area contributed by atoms with Gasteiger partial charge in [0, 0.05) is 11.3 Å². The molecule has 3 aromatic rings. The lowest BCUT2D eigenvalue weighted by Gasteiger charge is -2.04. The lowest BCUT2D eigenvalue weighted by molar-refractivity contribution is -0.113. The van der Waals surface area contributed by atoms with Crippen molar-refractivity contribution in [2.75, 3.05) is 17.9 Å². The molecule has 9 heteroatoms. The largest absolute Gasteiger partial charge is 0.454 e. The average Bonchev–Trinajstić information content (AvgIpc) is 3.37. The van der Waals surface area contributed by atoms with Crippen LogP contribution in [0.4, 0.5) is 5.69 Å². The summed E-state index contributed by atoms with van der Waals surface area (Å²) < 4.78 is 16.2. The molecule has 0 saturated carbocycles. The van der Waals surface area contributed by atoms with Gasteiger partial charge in [0.15, 0.2) is 11.5 Å². The third-order valence-corrected chi connectivity index (χ3v) is 4.69. The molecular formula is C19H14N4O4S. The smallest absolute Gasteiger partial charge is 0.277 e. The molecule has 0 bridgehead atoms. The van der Waals surface area contributed by atoms with Crippen LogP contribution in [0.1, 0.15) is 5.56 Å². The maximum atomic E-state index is 12.1. The fraction of sp³-hybridized carbons (Fsp3) is 0.158. The third kappa shape index (κ3) is 4.07. The van der Waals surface area contributed by atoms with Crippen molar-refractivity contribution >= 4 is 23.4 Å². The number of hydrogen-bond donors (Lipinski definition) is 1. The van der Waals surface area contributed by atoms with Crippen molar-refractivity contribution in [1.82, 2.24) is 10.2 Å². The first-order valence-electron chi connectivity index (χ1n) is 8.33. The van der Waals surface area contributed by atoms with E-state index >= 15 is 0 Å². The van der Waals surface area contributed by atoms with Crippen molar-refractivity contribution in [3.8, 4) is 29.0 Å². The van der Waals surface area contributed by atoms with Gasteiger partial charge in [-0.2, -0.15) is 5.26 Å². The minimum Gasteiger partial charge on any atom is -0.454 e. The maximum Gasteiger partial charge on any atom is 0.277 e. The van der Waals surface area contributed by atoms with Gasteiger partial charge >= 0.3 is 0 Å². The number of amides is 1. The zero-order valence-corrected chi connectivity index (χ0v) is 15.4. The van der Waals surface area contributed by atoms with Crippen LogP contribution < -0.4 is 14.8 Å². The molecule has 1 aliphatic heterocycles. The van der Waals surface area contributed by atoms with E-state index in [1.165, 1.54) is 0 Å². The highest BCUT2D eigenvalue weighted by molar-refractivity contribution is 7.99. The third-order valence-electron chi connectivity index (χ3n) is 3.87. The van der Waals surface area contributed by atoms with Gasteiger partial charge in [-0.25, -0.2) is 0 Å². The molecule has 8 nitrogen and oxygen atoms in total. The van der Waals surface area contributed by atoms with E-state index in [4.69, 9.17) is 19.2 Å². The molecule has 0 atom stereocenters. The molecule has 140 valence electrons. The van der Waals surface area contributed by atoms with Crippen molar-refractivity contribution in [2.24, 2.45) is 0 Å². The van der Waals surface area contributed by atoms with Crippen molar-refractivity contribution < 1.29 is 18.7 Å². The second kappa shape index (κ2) is 8.02. The molecule has 0 aliphatic carbocycles. The van der Waals surface area contributed by atoms with E-state index in [0.717, 1.165) is 17.3 Å². The molecule has 0 fully saturated rings. The van der Waals surface area contributed by atoms with Crippen LogP contribution in [-0.4, -0.2) is 28.7 Å². The molecule has 4 rings (SSSR count). The quantitative estimate of drug-likeness (QED) is 0.634. The highest BCUT2D eigenvalue weighted by Gasteiger charge is 2.17. The van der Waals surface area contributed by atoms with Crippen molar-refractivity contribution in [2.45, 2.75) is 11.6 Å². The van der Waals surface area contributed by atoms with Crippen LogP contribution in [0.5, 0.6) is 11.5 Å². The average molecular weight is 394 g/mol. The number of nitrogens with zero attached hydrogens (tertiary/aromatic N) is 3. The van der Waals surface area contributed by atoms with Crippen LogP contribution in [0, 0.1) is 11.3 Å². The Labute approximate surface area is 164 Å². The van der Waals surface area contributed by atoms with Crippen LogP contribution in [0.2, 0.25) is 0 Å². The standard InChI is InChI=1S/C19H14N4O4S/c20-8-7-12-1-4-14(5-2-12)21-17(24)10-28-19-23-22-18(27-19)13-3-6-15-16(9-13)26-11-25-15/h1-6,9H,7,10-11H2,(H,21,24). The Kier molecular flexibility index (Phi) is 5.12. The summed E-state index contributed by atoms with van der Waals surface area (Å²) in [6, 6.07) is 14.6. The van der Waals surface area contributed by atoms with Gasteiger partial charge in [0.2, 0.25) is 18.6 Å². The highest BCUT2D eigenvalue weighted by Crippen LogP contribution is 2.36. The SMILES string of the molecule is N#CCc1ccc(NC(=O)CSc2nnc(-c3ccc4c(c3)OCO4)o2)cc1. The number of aromatic nitrogens is 2. The summed E-state index contributed by atoms with van der Waals surface area (Å²) in [6.45, 7) is 0.194. The normalized spacial score (nSPS) is 11.8. The fourth-order valence-electron chi connectivity index (χ4n) is 2.54. The molecule has 0 saturated heterocycles. The predicted octanol–water partition coefficient (Wildman–Crippen LogP) is 3.26. The van der Waals surface area contributed by atoms with Gasteiger partial charge in [0.05, 0.1) is 18.2 Å². The summed E-state index contributed by atoms with van der Waals surface area (Å²) in [5.74, 6) is 1.58.